The molecule has 1 saturated carbocycles. The molecule has 0 saturated heterocycles. The fourth-order valence-corrected chi connectivity index (χ4v) is 2.76. The number of carboxylic acid groups (broad SMARTS) is 1. The molecule has 1 aromatic carbocycles. The monoisotopic (exact) mass is 325 g/mol. The third-order valence-corrected chi connectivity index (χ3v) is 4.58. The molecule has 2 atom stereocenters. The van der Waals surface area contributed by atoms with Crippen LogP contribution in [-0.2, 0) is 0 Å². The van der Waals surface area contributed by atoms with Gasteiger partial charge in [0, 0.05) is 18.9 Å². The Labute approximate surface area is 138 Å². The number of hydrogen-bond acceptors (Lipinski definition) is 4. The lowest BCUT2D eigenvalue weighted by molar-refractivity contribution is 0.0696. The van der Waals surface area contributed by atoms with Gasteiger partial charge in [-0.05, 0) is 37.3 Å². The Bertz CT molecular complexity index is 489. The van der Waals surface area contributed by atoms with Gasteiger partial charge < -0.3 is 14.1 Å². The zero-order chi connectivity index (χ0) is 16.7. The van der Waals surface area contributed by atoms with Crippen LogP contribution in [0, 0.1) is 11.8 Å². The van der Waals surface area contributed by atoms with E-state index in [-0.39, 0.29) is 5.56 Å². The van der Waals surface area contributed by atoms with Crippen LogP contribution in [-0.4, -0.2) is 30.5 Å². The van der Waals surface area contributed by atoms with Gasteiger partial charge in [-0.15, -0.1) is 0 Å². The number of carbonyl (C=O) groups is 1. The van der Waals surface area contributed by atoms with Crippen LogP contribution in [0.3, 0.4) is 0 Å². The number of benzene rings is 1. The molecule has 1 N–H and O–H groups in total. The molecular formula is C17H27NO3S. The minimum Gasteiger partial charge on any atom is -0.493 e. The van der Waals surface area contributed by atoms with E-state index >= 15 is 0 Å². The molecule has 0 spiro atoms. The van der Waals surface area contributed by atoms with E-state index in [1.165, 1.54) is 6.42 Å². The Morgan fingerprint density at radius 1 is 1.41 bits per heavy atom. The van der Waals surface area contributed by atoms with Crippen LogP contribution in [0.5, 0.6) is 5.75 Å². The first-order valence-electron chi connectivity index (χ1n) is 7.88. The highest BCUT2D eigenvalue weighted by molar-refractivity contribution is 7.99. The lowest BCUT2D eigenvalue weighted by Crippen LogP contribution is -2.13. The number of hydrogen-bond donors (Lipinski definition) is 1. The highest BCUT2D eigenvalue weighted by atomic mass is 32.2. The van der Waals surface area contributed by atoms with E-state index < -0.39 is 5.97 Å². The van der Waals surface area contributed by atoms with E-state index in [0.717, 1.165) is 18.2 Å². The van der Waals surface area contributed by atoms with Crippen LogP contribution >= 0.6 is 11.9 Å². The molecule has 1 aliphatic carbocycles. The average molecular weight is 325 g/mol. The highest BCUT2D eigenvalue weighted by Gasteiger charge is 2.33. The van der Waals surface area contributed by atoms with Gasteiger partial charge >= 0.3 is 5.97 Å². The molecule has 0 amide bonds. The summed E-state index contributed by atoms with van der Waals surface area (Å²) >= 11 is 1.57. The molecule has 22 heavy (non-hydrogen) atoms. The van der Waals surface area contributed by atoms with Gasteiger partial charge in [0.25, 0.3) is 0 Å². The summed E-state index contributed by atoms with van der Waals surface area (Å²) in [6.07, 6.45) is 3.18. The fraction of sp³-hybridized carbons (Fsp3) is 0.588. The highest BCUT2D eigenvalue weighted by Crippen LogP contribution is 2.38. The van der Waals surface area contributed by atoms with Crippen molar-refractivity contribution in [3.05, 3.63) is 23.8 Å². The van der Waals surface area contributed by atoms with Crippen LogP contribution in [0.15, 0.2) is 18.2 Å². The maximum absolute atomic E-state index is 11.2. The Kier molecular flexibility index (Phi) is 7.59. The minimum atomic E-state index is -0.923. The second-order valence-electron chi connectivity index (χ2n) is 5.18. The smallest absolute Gasteiger partial charge is 0.335 e. The summed E-state index contributed by atoms with van der Waals surface area (Å²) in [6, 6.07) is 5.21. The maximum atomic E-state index is 11.2. The van der Waals surface area contributed by atoms with Gasteiger partial charge in [-0.25, -0.2) is 4.79 Å². The first-order valence-corrected chi connectivity index (χ1v) is 9.06. The van der Waals surface area contributed by atoms with Gasteiger partial charge in [0.2, 0.25) is 0 Å². The average Bonchev–Trinajstić information content (AvgIpc) is 3.24. The topological polar surface area (TPSA) is 49.8 Å². The van der Waals surface area contributed by atoms with Crippen LogP contribution in [0.25, 0.3) is 0 Å². The van der Waals surface area contributed by atoms with Crippen LogP contribution < -0.4 is 9.04 Å². The maximum Gasteiger partial charge on any atom is 0.335 e. The molecule has 4 nitrogen and oxygen atoms in total. The molecule has 0 aliphatic heterocycles. The number of rotatable bonds is 7. The molecule has 5 heteroatoms. The van der Waals surface area contributed by atoms with E-state index in [9.17, 15) is 9.90 Å². The van der Waals surface area contributed by atoms with Crippen molar-refractivity contribution >= 4 is 23.6 Å². The van der Waals surface area contributed by atoms with Crippen LogP contribution in [0.2, 0.25) is 0 Å². The second kappa shape index (κ2) is 8.93. The van der Waals surface area contributed by atoms with Gasteiger partial charge in [-0.2, -0.15) is 0 Å². The van der Waals surface area contributed by atoms with E-state index in [1.807, 2.05) is 37.4 Å². The predicted octanol–water partition coefficient (Wildman–Crippen LogP) is 4.55. The Balaban J connectivity index is 0.00000116. The SMILES string of the molecule is CC.CCN(SC)c1cc(OCC2CC2C)cc(C(=O)O)c1. The van der Waals surface area contributed by atoms with Crippen LogP contribution in [0.1, 0.15) is 44.5 Å². The summed E-state index contributed by atoms with van der Waals surface area (Å²) in [4.78, 5) is 11.2. The quantitative estimate of drug-likeness (QED) is 0.745. The van der Waals surface area contributed by atoms with E-state index in [0.29, 0.717) is 18.3 Å². The molecule has 0 aromatic heterocycles. The normalized spacial score (nSPS) is 19.0. The summed E-state index contributed by atoms with van der Waals surface area (Å²) in [5, 5.41) is 9.21. The molecule has 1 fully saturated rings. The van der Waals surface area contributed by atoms with Crippen molar-refractivity contribution in [2.45, 2.75) is 34.1 Å². The lowest BCUT2D eigenvalue weighted by Gasteiger charge is -2.20. The van der Waals surface area contributed by atoms with Crippen molar-refractivity contribution < 1.29 is 14.6 Å². The number of carboxylic acids is 1. The molecule has 2 rings (SSSR count). The predicted molar refractivity (Wildman–Crippen MR) is 94.1 cm³/mol. The minimum absolute atomic E-state index is 0.272. The molecule has 0 radical (unpaired) electrons. The van der Waals surface area contributed by atoms with Crippen LogP contribution in [0.4, 0.5) is 5.69 Å². The summed E-state index contributed by atoms with van der Waals surface area (Å²) in [5.74, 6) is 1.07. The Morgan fingerprint density at radius 3 is 2.50 bits per heavy atom. The van der Waals surface area contributed by atoms with Gasteiger partial charge in [-0.3, -0.25) is 0 Å². The zero-order valence-corrected chi connectivity index (χ0v) is 14.9. The first kappa shape index (κ1) is 18.7. The van der Waals surface area contributed by atoms with Crippen molar-refractivity contribution in [3.8, 4) is 5.75 Å². The van der Waals surface area contributed by atoms with Gasteiger partial charge in [0.05, 0.1) is 17.9 Å². The van der Waals surface area contributed by atoms with Crippen molar-refractivity contribution in [1.82, 2.24) is 0 Å². The Morgan fingerprint density at radius 2 is 2.05 bits per heavy atom. The van der Waals surface area contributed by atoms with E-state index in [2.05, 4.69) is 6.92 Å². The summed E-state index contributed by atoms with van der Waals surface area (Å²) in [5.41, 5.74) is 1.15. The van der Waals surface area contributed by atoms with E-state index in [4.69, 9.17) is 4.74 Å². The largest absolute Gasteiger partial charge is 0.493 e. The van der Waals surface area contributed by atoms with E-state index in [1.54, 1.807) is 24.1 Å². The molecule has 1 aliphatic rings. The van der Waals surface area contributed by atoms with Gasteiger partial charge in [0.1, 0.15) is 5.75 Å². The Hall–Kier alpha value is -1.36. The summed E-state index contributed by atoms with van der Waals surface area (Å²) < 4.78 is 7.81. The zero-order valence-electron chi connectivity index (χ0n) is 14.1. The summed E-state index contributed by atoms with van der Waals surface area (Å²) in [7, 11) is 0. The third kappa shape index (κ3) is 5.13. The first-order chi connectivity index (χ1) is 10.5. The molecular weight excluding hydrogens is 298 g/mol. The summed E-state index contributed by atoms with van der Waals surface area (Å²) in [6.45, 7) is 9.73. The number of aromatic carboxylic acids is 1. The molecule has 0 bridgehead atoms. The van der Waals surface area contributed by atoms with Gasteiger partial charge in [0.15, 0.2) is 0 Å². The second-order valence-corrected chi connectivity index (χ2v) is 5.99. The third-order valence-electron chi connectivity index (χ3n) is 3.67. The standard InChI is InChI=1S/C15H21NO3S.C2H6/c1-4-16(20-3)13-6-11(15(17)18)7-14(8-13)19-9-12-5-10(12)2;1-2/h6-8,10,12H,4-5,9H2,1-3H3,(H,17,18);1-2H3. The van der Waals surface area contributed by atoms with Crippen molar-refractivity contribution in [2.75, 3.05) is 23.7 Å². The molecule has 1 aromatic rings. The molecule has 2 unspecified atom stereocenters. The lowest BCUT2D eigenvalue weighted by atomic mass is 10.2. The molecule has 0 heterocycles. The van der Waals surface area contributed by atoms with Crippen molar-refractivity contribution in [2.24, 2.45) is 11.8 Å². The van der Waals surface area contributed by atoms with Gasteiger partial charge in [-0.1, -0.05) is 32.7 Å². The number of nitrogens with zero attached hydrogens (tertiary/aromatic N) is 1. The fourth-order valence-electron chi connectivity index (χ4n) is 2.19. The van der Waals surface area contributed by atoms with Crippen molar-refractivity contribution in [1.29, 1.82) is 0 Å². The molecule has 124 valence electrons. The van der Waals surface area contributed by atoms with Crippen molar-refractivity contribution in [3.63, 3.8) is 0 Å². The number of ether oxygens (including phenoxy) is 1. The number of anilines is 1.